The average molecular weight is 303 g/mol. The Kier molecular flexibility index (Phi) is 5.14. The lowest BCUT2D eigenvalue weighted by atomic mass is 10.1. The molecular formula is C16H21N3O3. The molecule has 1 N–H and O–H groups in total. The fourth-order valence-electron chi connectivity index (χ4n) is 2.37. The van der Waals surface area contributed by atoms with E-state index in [9.17, 15) is 14.4 Å². The van der Waals surface area contributed by atoms with Gasteiger partial charge in [-0.1, -0.05) is 19.1 Å². The van der Waals surface area contributed by atoms with Crippen LogP contribution in [0.2, 0.25) is 0 Å². The van der Waals surface area contributed by atoms with Crippen LogP contribution in [0.1, 0.15) is 19.4 Å². The van der Waals surface area contributed by atoms with Gasteiger partial charge in [0.25, 0.3) is 0 Å². The summed E-state index contributed by atoms with van der Waals surface area (Å²) in [6, 6.07) is 7.56. The maximum absolute atomic E-state index is 12.0. The van der Waals surface area contributed by atoms with E-state index in [4.69, 9.17) is 0 Å². The SMILES string of the molecule is CCc1ccc(NC(=O)CN2CCN(CC)C(=O)C2=O)cc1. The van der Waals surface area contributed by atoms with E-state index in [-0.39, 0.29) is 12.5 Å². The van der Waals surface area contributed by atoms with Crippen LogP contribution in [0, 0.1) is 0 Å². The summed E-state index contributed by atoms with van der Waals surface area (Å²) in [7, 11) is 0. The van der Waals surface area contributed by atoms with E-state index in [1.54, 1.807) is 0 Å². The molecule has 6 heteroatoms. The van der Waals surface area contributed by atoms with Crippen molar-refractivity contribution in [1.29, 1.82) is 0 Å². The van der Waals surface area contributed by atoms with Crippen LogP contribution in [0.3, 0.4) is 0 Å². The van der Waals surface area contributed by atoms with E-state index in [0.717, 1.165) is 6.42 Å². The molecule has 0 aliphatic carbocycles. The van der Waals surface area contributed by atoms with Crippen molar-refractivity contribution in [2.24, 2.45) is 0 Å². The van der Waals surface area contributed by atoms with Crippen LogP contribution >= 0.6 is 0 Å². The van der Waals surface area contributed by atoms with Crippen molar-refractivity contribution in [3.05, 3.63) is 29.8 Å². The Morgan fingerprint density at radius 3 is 2.23 bits per heavy atom. The Morgan fingerprint density at radius 2 is 1.64 bits per heavy atom. The molecule has 0 atom stereocenters. The molecule has 0 spiro atoms. The molecule has 1 fully saturated rings. The number of aryl methyl sites for hydroxylation is 1. The molecule has 1 saturated heterocycles. The smallest absolute Gasteiger partial charge is 0.312 e. The lowest BCUT2D eigenvalue weighted by Gasteiger charge is -2.32. The van der Waals surface area contributed by atoms with Crippen LogP contribution in [0.15, 0.2) is 24.3 Å². The van der Waals surface area contributed by atoms with Gasteiger partial charge < -0.3 is 15.1 Å². The molecule has 1 aromatic rings. The first-order valence-corrected chi connectivity index (χ1v) is 7.52. The van der Waals surface area contributed by atoms with Gasteiger partial charge in [-0.05, 0) is 31.0 Å². The van der Waals surface area contributed by atoms with Gasteiger partial charge in [0.2, 0.25) is 5.91 Å². The number of benzene rings is 1. The Bertz CT molecular complexity index is 569. The second-order valence-electron chi connectivity index (χ2n) is 5.21. The highest BCUT2D eigenvalue weighted by molar-refractivity contribution is 6.35. The molecule has 1 aliphatic heterocycles. The highest BCUT2D eigenvalue weighted by Crippen LogP contribution is 2.10. The number of piperazine rings is 1. The number of amides is 3. The number of likely N-dealkylation sites (N-methyl/N-ethyl adjacent to an activating group) is 1. The first-order valence-electron chi connectivity index (χ1n) is 7.52. The number of hydrogen-bond donors (Lipinski definition) is 1. The van der Waals surface area contributed by atoms with Gasteiger partial charge in [-0.3, -0.25) is 14.4 Å². The van der Waals surface area contributed by atoms with E-state index in [1.807, 2.05) is 31.2 Å². The molecule has 22 heavy (non-hydrogen) atoms. The molecule has 2 rings (SSSR count). The predicted molar refractivity (Wildman–Crippen MR) is 83.3 cm³/mol. The normalized spacial score (nSPS) is 15.2. The summed E-state index contributed by atoms with van der Waals surface area (Å²) >= 11 is 0. The quantitative estimate of drug-likeness (QED) is 0.821. The van der Waals surface area contributed by atoms with Gasteiger partial charge in [0.1, 0.15) is 6.54 Å². The predicted octanol–water partition coefficient (Wildman–Crippen LogP) is 0.878. The second kappa shape index (κ2) is 7.06. The van der Waals surface area contributed by atoms with Crippen LogP contribution in [0.25, 0.3) is 0 Å². The van der Waals surface area contributed by atoms with Gasteiger partial charge in [-0.25, -0.2) is 0 Å². The third-order valence-corrected chi connectivity index (χ3v) is 3.76. The fraction of sp³-hybridized carbons (Fsp3) is 0.438. The van der Waals surface area contributed by atoms with Crippen LogP contribution in [0.5, 0.6) is 0 Å². The maximum Gasteiger partial charge on any atom is 0.312 e. The number of nitrogens with one attached hydrogen (secondary N) is 1. The zero-order valence-electron chi connectivity index (χ0n) is 13.0. The van der Waals surface area contributed by atoms with Crippen molar-refractivity contribution in [3.8, 4) is 0 Å². The van der Waals surface area contributed by atoms with Crippen molar-refractivity contribution in [2.75, 3.05) is 31.5 Å². The molecule has 0 aromatic heterocycles. The van der Waals surface area contributed by atoms with Crippen LogP contribution in [0.4, 0.5) is 5.69 Å². The summed E-state index contributed by atoms with van der Waals surface area (Å²) in [6.07, 6.45) is 0.937. The molecule has 0 unspecified atom stereocenters. The number of carbonyl (C=O) groups is 3. The van der Waals surface area contributed by atoms with Gasteiger partial charge in [0.15, 0.2) is 0 Å². The summed E-state index contributed by atoms with van der Waals surface area (Å²) in [5.74, 6) is -1.44. The lowest BCUT2D eigenvalue weighted by Crippen LogP contribution is -2.55. The molecule has 1 aliphatic rings. The molecular weight excluding hydrogens is 282 g/mol. The Morgan fingerprint density at radius 1 is 1.05 bits per heavy atom. The van der Waals surface area contributed by atoms with Crippen LogP contribution < -0.4 is 5.32 Å². The first-order chi connectivity index (χ1) is 10.5. The van der Waals surface area contributed by atoms with Gasteiger partial charge in [0, 0.05) is 25.3 Å². The van der Waals surface area contributed by atoms with Crippen LogP contribution in [-0.2, 0) is 20.8 Å². The number of rotatable bonds is 5. The Balaban J connectivity index is 1.91. The number of anilines is 1. The third-order valence-electron chi connectivity index (χ3n) is 3.76. The van der Waals surface area contributed by atoms with Gasteiger partial charge in [-0.2, -0.15) is 0 Å². The summed E-state index contributed by atoms with van der Waals surface area (Å²) in [6.45, 7) is 5.16. The molecule has 3 amide bonds. The van der Waals surface area contributed by atoms with Gasteiger partial charge in [-0.15, -0.1) is 0 Å². The van der Waals surface area contributed by atoms with Crippen molar-refractivity contribution in [3.63, 3.8) is 0 Å². The molecule has 0 bridgehead atoms. The average Bonchev–Trinajstić information content (AvgIpc) is 2.53. The van der Waals surface area contributed by atoms with Crippen molar-refractivity contribution >= 4 is 23.4 Å². The topological polar surface area (TPSA) is 69.7 Å². The molecule has 1 heterocycles. The molecule has 6 nitrogen and oxygen atoms in total. The molecule has 0 radical (unpaired) electrons. The zero-order chi connectivity index (χ0) is 16.1. The Labute approximate surface area is 130 Å². The van der Waals surface area contributed by atoms with Crippen LogP contribution in [-0.4, -0.2) is 53.7 Å². The zero-order valence-corrected chi connectivity index (χ0v) is 13.0. The first kappa shape index (κ1) is 16.0. The molecule has 0 saturated carbocycles. The van der Waals surface area contributed by atoms with Gasteiger partial charge >= 0.3 is 11.8 Å². The second-order valence-corrected chi connectivity index (χ2v) is 5.21. The van der Waals surface area contributed by atoms with Gasteiger partial charge in [0.05, 0.1) is 0 Å². The molecule has 118 valence electrons. The minimum Gasteiger partial charge on any atom is -0.333 e. The van der Waals surface area contributed by atoms with E-state index < -0.39 is 11.8 Å². The van der Waals surface area contributed by atoms with E-state index in [0.29, 0.717) is 25.3 Å². The Hall–Kier alpha value is -2.37. The summed E-state index contributed by atoms with van der Waals surface area (Å²) in [4.78, 5) is 38.5. The minimum absolute atomic E-state index is 0.0995. The fourth-order valence-corrected chi connectivity index (χ4v) is 2.37. The number of nitrogens with zero attached hydrogens (tertiary/aromatic N) is 2. The summed E-state index contributed by atoms with van der Waals surface area (Å²) < 4.78 is 0. The lowest BCUT2D eigenvalue weighted by molar-refractivity contribution is -0.156. The number of hydrogen-bond acceptors (Lipinski definition) is 3. The number of carbonyl (C=O) groups excluding carboxylic acids is 3. The third kappa shape index (κ3) is 3.63. The largest absolute Gasteiger partial charge is 0.333 e. The summed E-state index contributed by atoms with van der Waals surface area (Å²) in [5.41, 5.74) is 1.88. The maximum atomic E-state index is 12.0. The van der Waals surface area contributed by atoms with Crippen molar-refractivity contribution in [1.82, 2.24) is 9.80 Å². The van der Waals surface area contributed by atoms with E-state index >= 15 is 0 Å². The highest BCUT2D eigenvalue weighted by atomic mass is 16.2. The monoisotopic (exact) mass is 303 g/mol. The van der Waals surface area contributed by atoms with E-state index in [1.165, 1.54) is 15.4 Å². The highest BCUT2D eigenvalue weighted by Gasteiger charge is 2.32. The minimum atomic E-state index is -0.607. The summed E-state index contributed by atoms with van der Waals surface area (Å²) in [5, 5.41) is 2.74. The standard InChI is InChI=1S/C16H21N3O3/c1-3-12-5-7-13(8-6-12)17-14(20)11-19-10-9-18(4-2)15(21)16(19)22/h5-8H,3-4,9-11H2,1-2H3,(H,17,20). The molecule has 1 aromatic carbocycles. The van der Waals surface area contributed by atoms with Crippen molar-refractivity contribution in [2.45, 2.75) is 20.3 Å². The van der Waals surface area contributed by atoms with Crippen molar-refractivity contribution < 1.29 is 14.4 Å². The van der Waals surface area contributed by atoms with E-state index in [2.05, 4.69) is 12.2 Å².